The molecule has 35 heavy (non-hydrogen) atoms. The minimum atomic E-state index is -3.48. The van der Waals surface area contributed by atoms with Gasteiger partial charge in [-0.25, -0.2) is 18.1 Å². The molecule has 0 aliphatic carbocycles. The van der Waals surface area contributed by atoms with Crippen molar-refractivity contribution < 1.29 is 13.2 Å². The molecule has 0 aromatic carbocycles. The van der Waals surface area contributed by atoms with Gasteiger partial charge in [0.15, 0.2) is 15.5 Å². The van der Waals surface area contributed by atoms with Crippen molar-refractivity contribution in [2.75, 3.05) is 6.26 Å². The van der Waals surface area contributed by atoms with E-state index in [1.54, 1.807) is 23.9 Å². The zero-order chi connectivity index (χ0) is 25.5. The van der Waals surface area contributed by atoms with E-state index in [0.717, 1.165) is 17.5 Å². The fourth-order valence-electron chi connectivity index (χ4n) is 3.86. The molecule has 4 aromatic rings. The number of sulfone groups is 1. The van der Waals surface area contributed by atoms with Gasteiger partial charge in [-0.2, -0.15) is 5.10 Å². The van der Waals surface area contributed by atoms with E-state index in [4.69, 9.17) is 0 Å². The summed E-state index contributed by atoms with van der Waals surface area (Å²) in [7, 11) is -3.48. The molecule has 0 saturated carbocycles. The second kappa shape index (κ2) is 9.06. The van der Waals surface area contributed by atoms with Gasteiger partial charge in [-0.15, -0.1) is 0 Å². The zero-order valence-electron chi connectivity index (χ0n) is 20.1. The van der Waals surface area contributed by atoms with Crippen LogP contribution in [0, 0.1) is 13.8 Å². The highest BCUT2D eigenvalue weighted by Gasteiger charge is 2.20. The van der Waals surface area contributed by atoms with Gasteiger partial charge >= 0.3 is 0 Å². The molecule has 4 heterocycles. The number of nitrogens with zero attached hydrogens (tertiary/aromatic N) is 4. The summed E-state index contributed by atoms with van der Waals surface area (Å²) in [5, 5.41) is 7.76. The first-order valence-electron chi connectivity index (χ1n) is 11.0. The van der Waals surface area contributed by atoms with Crippen LogP contribution in [0.5, 0.6) is 0 Å². The van der Waals surface area contributed by atoms with Crippen LogP contribution in [-0.2, 0) is 16.4 Å². The predicted molar refractivity (Wildman–Crippen MR) is 132 cm³/mol. The standard InChI is InChI=1S/C24H26N6O4S/c1-13(2)30-22-20(12-27-30)18(23(31)26-11-19-14(3)6-15(4)28-24(19)32)8-21(29-22)16-7-17(10-25-9-16)35(5,33)34/h6-10,12-13H,11H2,1-5H3,(H,26,31)(H,28,32). The second-order valence-electron chi connectivity index (χ2n) is 8.78. The summed E-state index contributed by atoms with van der Waals surface area (Å²) in [4.78, 5) is 37.2. The number of hydrogen-bond acceptors (Lipinski definition) is 7. The Morgan fingerprint density at radius 3 is 2.54 bits per heavy atom. The zero-order valence-corrected chi connectivity index (χ0v) is 20.9. The highest BCUT2D eigenvalue weighted by molar-refractivity contribution is 7.90. The number of aryl methyl sites for hydroxylation is 2. The van der Waals surface area contributed by atoms with E-state index in [0.29, 0.717) is 33.4 Å². The van der Waals surface area contributed by atoms with Gasteiger partial charge in [-0.05, 0) is 51.5 Å². The third-order valence-electron chi connectivity index (χ3n) is 5.66. The minimum Gasteiger partial charge on any atom is -0.348 e. The van der Waals surface area contributed by atoms with Crippen LogP contribution in [0.3, 0.4) is 0 Å². The third kappa shape index (κ3) is 4.85. The quantitative estimate of drug-likeness (QED) is 0.420. The summed E-state index contributed by atoms with van der Waals surface area (Å²) in [6, 6.07) is 4.88. The molecule has 10 nitrogen and oxygen atoms in total. The molecule has 11 heteroatoms. The summed E-state index contributed by atoms with van der Waals surface area (Å²) in [6.45, 7) is 7.55. The maximum absolute atomic E-state index is 13.3. The first-order valence-corrected chi connectivity index (χ1v) is 12.9. The molecule has 0 atom stereocenters. The third-order valence-corrected chi connectivity index (χ3v) is 6.74. The molecule has 0 bridgehead atoms. The Bertz CT molecular complexity index is 1620. The van der Waals surface area contributed by atoms with Gasteiger partial charge in [-0.1, -0.05) is 0 Å². The maximum atomic E-state index is 13.3. The van der Waals surface area contributed by atoms with Crippen LogP contribution >= 0.6 is 0 Å². The second-order valence-corrected chi connectivity index (χ2v) is 10.8. The monoisotopic (exact) mass is 494 g/mol. The Morgan fingerprint density at radius 2 is 1.89 bits per heavy atom. The predicted octanol–water partition coefficient (Wildman–Crippen LogP) is 2.71. The van der Waals surface area contributed by atoms with E-state index in [1.165, 1.54) is 18.5 Å². The van der Waals surface area contributed by atoms with Gasteiger partial charge in [-0.3, -0.25) is 14.6 Å². The van der Waals surface area contributed by atoms with Crippen LogP contribution in [0.2, 0.25) is 0 Å². The lowest BCUT2D eigenvalue weighted by Crippen LogP contribution is -2.28. The number of pyridine rings is 3. The van der Waals surface area contributed by atoms with Gasteiger partial charge in [0, 0.05) is 48.1 Å². The highest BCUT2D eigenvalue weighted by Crippen LogP contribution is 2.27. The van der Waals surface area contributed by atoms with Gasteiger partial charge < -0.3 is 10.3 Å². The molecule has 0 aliphatic rings. The van der Waals surface area contributed by atoms with Crippen molar-refractivity contribution in [3.05, 3.63) is 69.5 Å². The summed E-state index contributed by atoms with van der Waals surface area (Å²) < 4.78 is 25.8. The fraction of sp³-hybridized carbons (Fsp3) is 0.292. The van der Waals surface area contributed by atoms with Crippen LogP contribution in [-0.4, -0.2) is 45.3 Å². The number of H-pyrrole nitrogens is 1. The molecule has 0 unspecified atom stereocenters. The SMILES string of the molecule is Cc1cc(C)c(CNC(=O)c2cc(-c3cncc(S(C)(=O)=O)c3)nc3c2cnn3C(C)C)c(=O)[nH]1. The van der Waals surface area contributed by atoms with Crippen LogP contribution in [0.4, 0.5) is 0 Å². The molecule has 0 aliphatic heterocycles. The molecule has 4 rings (SSSR count). The van der Waals surface area contributed by atoms with Crippen molar-refractivity contribution in [2.45, 2.75) is 45.2 Å². The average molecular weight is 495 g/mol. The Hall–Kier alpha value is -3.86. The normalized spacial score (nSPS) is 11.8. The van der Waals surface area contributed by atoms with Crippen LogP contribution < -0.4 is 10.9 Å². The molecule has 2 N–H and O–H groups in total. The van der Waals surface area contributed by atoms with Crippen molar-refractivity contribution >= 4 is 26.8 Å². The Morgan fingerprint density at radius 1 is 1.14 bits per heavy atom. The molecule has 0 radical (unpaired) electrons. The number of carbonyl (C=O) groups is 1. The summed E-state index contributed by atoms with van der Waals surface area (Å²) >= 11 is 0. The molecule has 0 saturated heterocycles. The number of aromatic amines is 1. The maximum Gasteiger partial charge on any atom is 0.253 e. The first-order chi connectivity index (χ1) is 16.5. The lowest BCUT2D eigenvalue weighted by atomic mass is 10.1. The first kappa shape index (κ1) is 24.3. The number of nitrogens with one attached hydrogen (secondary N) is 2. The van der Waals surface area contributed by atoms with Crippen molar-refractivity contribution in [3.63, 3.8) is 0 Å². The number of rotatable bonds is 6. The van der Waals surface area contributed by atoms with E-state index >= 15 is 0 Å². The molecule has 0 fully saturated rings. The van der Waals surface area contributed by atoms with Gasteiger partial charge in [0.1, 0.15) is 0 Å². The van der Waals surface area contributed by atoms with Crippen molar-refractivity contribution in [1.29, 1.82) is 0 Å². The van der Waals surface area contributed by atoms with Crippen LogP contribution in [0.1, 0.15) is 47.1 Å². The van der Waals surface area contributed by atoms with E-state index < -0.39 is 15.7 Å². The van der Waals surface area contributed by atoms with E-state index in [1.807, 2.05) is 26.8 Å². The fourth-order valence-corrected chi connectivity index (χ4v) is 4.45. The largest absolute Gasteiger partial charge is 0.348 e. The summed E-state index contributed by atoms with van der Waals surface area (Å²) in [5.41, 5.74) is 3.37. The molecular formula is C24H26N6O4S. The topological polar surface area (TPSA) is 140 Å². The summed E-state index contributed by atoms with van der Waals surface area (Å²) in [5.74, 6) is -0.409. The minimum absolute atomic E-state index is 0.0274. The molecule has 182 valence electrons. The average Bonchev–Trinajstić information content (AvgIpc) is 3.21. The Kier molecular flexibility index (Phi) is 6.28. The van der Waals surface area contributed by atoms with Gasteiger partial charge in [0.2, 0.25) is 0 Å². The Labute approximate surface area is 202 Å². The lowest BCUT2D eigenvalue weighted by Gasteiger charge is -2.12. The van der Waals surface area contributed by atoms with E-state index in [-0.39, 0.29) is 23.0 Å². The number of aromatic nitrogens is 5. The summed E-state index contributed by atoms with van der Waals surface area (Å²) in [6.07, 6.45) is 5.45. The number of carbonyl (C=O) groups excluding carboxylic acids is 1. The number of amides is 1. The van der Waals surface area contributed by atoms with Crippen molar-refractivity contribution in [3.8, 4) is 11.3 Å². The molecule has 1 amide bonds. The number of fused-ring (bicyclic) bond motifs is 1. The van der Waals surface area contributed by atoms with Crippen molar-refractivity contribution in [2.24, 2.45) is 0 Å². The van der Waals surface area contributed by atoms with Crippen LogP contribution in [0.25, 0.3) is 22.3 Å². The highest BCUT2D eigenvalue weighted by atomic mass is 32.2. The van der Waals surface area contributed by atoms with E-state index in [2.05, 4.69) is 25.4 Å². The van der Waals surface area contributed by atoms with Crippen LogP contribution in [0.15, 0.2) is 46.5 Å². The molecule has 0 spiro atoms. The Balaban J connectivity index is 1.80. The number of hydrogen-bond donors (Lipinski definition) is 2. The van der Waals surface area contributed by atoms with Gasteiger partial charge in [0.25, 0.3) is 11.5 Å². The van der Waals surface area contributed by atoms with E-state index in [9.17, 15) is 18.0 Å². The van der Waals surface area contributed by atoms with Crippen molar-refractivity contribution in [1.82, 2.24) is 30.0 Å². The molecule has 4 aromatic heterocycles. The molecular weight excluding hydrogens is 468 g/mol. The lowest BCUT2D eigenvalue weighted by molar-refractivity contribution is 0.0952. The van der Waals surface area contributed by atoms with Gasteiger partial charge in [0.05, 0.1) is 27.7 Å². The smallest absolute Gasteiger partial charge is 0.253 e.